The van der Waals surface area contributed by atoms with Crippen LogP contribution in [0.1, 0.15) is 11.1 Å². The van der Waals surface area contributed by atoms with Gasteiger partial charge in [0.15, 0.2) is 18.1 Å². The number of hydrogen-bond donors (Lipinski definition) is 2. The monoisotopic (exact) mass is 444 g/mol. The maximum atomic E-state index is 12.2. The highest BCUT2D eigenvalue weighted by Crippen LogP contribution is 2.36. The van der Waals surface area contributed by atoms with Gasteiger partial charge in [0.25, 0.3) is 5.91 Å². The van der Waals surface area contributed by atoms with Gasteiger partial charge in [-0.3, -0.25) is 4.79 Å². The molecule has 0 atom stereocenters. The summed E-state index contributed by atoms with van der Waals surface area (Å²) in [6.07, 6.45) is 0. The molecule has 156 valence electrons. The number of carbonyl (C=O) groups is 1. The number of carbonyl (C=O) groups excluding carboxylic acids is 1. The van der Waals surface area contributed by atoms with E-state index in [1.807, 2.05) is 49.4 Å². The van der Waals surface area contributed by atoms with Crippen molar-refractivity contribution >= 4 is 40.5 Å². The molecule has 5 nitrogen and oxygen atoms in total. The lowest BCUT2D eigenvalue weighted by molar-refractivity contribution is -0.118. The Labute approximate surface area is 185 Å². The Morgan fingerprint density at radius 2 is 1.73 bits per heavy atom. The molecule has 1 amide bonds. The third-order valence-corrected chi connectivity index (χ3v) is 5.05. The van der Waals surface area contributed by atoms with E-state index in [1.54, 1.807) is 18.2 Å². The zero-order chi connectivity index (χ0) is 21.5. The Morgan fingerprint density at radius 1 is 0.967 bits per heavy atom. The normalized spacial score (nSPS) is 10.4. The lowest BCUT2D eigenvalue weighted by Gasteiger charge is -2.15. The summed E-state index contributed by atoms with van der Waals surface area (Å²) in [6, 6.07) is 18.8. The number of nitrogens with one attached hydrogen (secondary N) is 2. The number of hydrogen-bond acceptors (Lipinski definition) is 4. The van der Waals surface area contributed by atoms with Gasteiger partial charge in [-0.05, 0) is 54.4 Å². The van der Waals surface area contributed by atoms with Gasteiger partial charge in [0.05, 0.1) is 12.1 Å². The molecule has 0 unspecified atom stereocenters. The van der Waals surface area contributed by atoms with E-state index in [9.17, 15) is 4.79 Å². The van der Waals surface area contributed by atoms with Gasteiger partial charge < -0.3 is 20.1 Å². The van der Waals surface area contributed by atoms with Crippen molar-refractivity contribution in [3.63, 3.8) is 0 Å². The maximum absolute atomic E-state index is 12.2. The Hall–Kier alpha value is -2.89. The molecule has 30 heavy (non-hydrogen) atoms. The average Bonchev–Trinajstić information content (AvgIpc) is 2.74. The maximum Gasteiger partial charge on any atom is 0.262 e. The van der Waals surface area contributed by atoms with Gasteiger partial charge in [0.1, 0.15) is 0 Å². The first-order valence-electron chi connectivity index (χ1n) is 9.30. The molecule has 3 rings (SSSR count). The van der Waals surface area contributed by atoms with Crippen LogP contribution in [0.25, 0.3) is 0 Å². The molecule has 0 radical (unpaired) electrons. The summed E-state index contributed by atoms with van der Waals surface area (Å²) in [4.78, 5) is 12.2. The van der Waals surface area contributed by atoms with Crippen molar-refractivity contribution in [2.24, 2.45) is 0 Å². The Balaban J connectivity index is 1.63. The highest BCUT2D eigenvalue weighted by atomic mass is 35.5. The quantitative estimate of drug-likeness (QED) is 0.451. The molecular formula is C23H22Cl2N2O3. The Bertz CT molecular complexity index is 1030. The van der Waals surface area contributed by atoms with Crippen molar-refractivity contribution in [2.45, 2.75) is 13.5 Å². The van der Waals surface area contributed by atoms with Crippen molar-refractivity contribution in [2.75, 3.05) is 24.4 Å². The van der Waals surface area contributed by atoms with Crippen LogP contribution in [-0.2, 0) is 11.3 Å². The van der Waals surface area contributed by atoms with Crippen LogP contribution in [0.15, 0.2) is 60.7 Å². The van der Waals surface area contributed by atoms with E-state index < -0.39 is 0 Å². The molecule has 3 aromatic carbocycles. The van der Waals surface area contributed by atoms with Gasteiger partial charge in [0, 0.05) is 22.9 Å². The SMILES string of the molecule is COc1cc(CNc2ccccc2)cc(Cl)c1OCC(=O)Nc1ccc(C)c(Cl)c1. The van der Waals surface area contributed by atoms with Gasteiger partial charge in [0.2, 0.25) is 0 Å². The smallest absolute Gasteiger partial charge is 0.262 e. The van der Waals surface area contributed by atoms with Gasteiger partial charge in [-0.15, -0.1) is 0 Å². The predicted octanol–water partition coefficient (Wildman–Crippen LogP) is 5.94. The van der Waals surface area contributed by atoms with Crippen molar-refractivity contribution in [1.82, 2.24) is 0 Å². The molecule has 0 aliphatic rings. The second kappa shape index (κ2) is 10.2. The van der Waals surface area contributed by atoms with E-state index in [-0.39, 0.29) is 12.5 Å². The lowest BCUT2D eigenvalue weighted by Crippen LogP contribution is -2.20. The molecule has 0 aliphatic carbocycles. The fraction of sp³-hybridized carbons (Fsp3) is 0.174. The summed E-state index contributed by atoms with van der Waals surface area (Å²) < 4.78 is 11.1. The van der Waals surface area contributed by atoms with Crippen LogP contribution in [0.4, 0.5) is 11.4 Å². The topological polar surface area (TPSA) is 59.6 Å². The standard InChI is InChI=1S/C23H22Cl2N2O3/c1-15-8-9-18(12-19(15)24)27-22(28)14-30-23-20(25)10-16(11-21(23)29-2)13-26-17-6-4-3-5-7-17/h3-12,26H,13-14H2,1-2H3,(H,27,28). The highest BCUT2D eigenvalue weighted by molar-refractivity contribution is 6.32. The summed E-state index contributed by atoms with van der Waals surface area (Å²) in [5.74, 6) is 0.445. The van der Waals surface area contributed by atoms with Crippen LogP contribution in [-0.4, -0.2) is 19.6 Å². The summed E-state index contributed by atoms with van der Waals surface area (Å²) in [5, 5.41) is 7.01. The molecule has 2 N–H and O–H groups in total. The van der Waals surface area contributed by atoms with Gasteiger partial charge in [-0.25, -0.2) is 0 Å². The minimum atomic E-state index is -0.331. The molecule has 0 bridgehead atoms. The number of methoxy groups -OCH3 is 1. The number of halogens is 2. The molecule has 3 aromatic rings. The average molecular weight is 445 g/mol. The number of aryl methyl sites for hydroxylation is 1. The molecule has 0 aliphatic heterocycles. The van der Waals surface area contributed by atoms with Gasteiger partial charge in [-0.1, -0.05) is 47.5 Å². The predicted molar refractivity (Wildman–Crippen MR) is 122 cm³/mol. The largest absolute Gasteiger partial charge is 0.493 e. The van der Waals surface area contributed by atoms with E-state index in [0.29, 0.717) is 33.8 Å². The number of para-hydroxylation sites is 1. The van der Waals surface area contributed by atoms with Crippen LogP contribution in [0, 0.1) is 6.92 Å². The van der Waals surface area contributed by atoms with Crippen molar-refractivity contribution in [3.05, 3.63) is 81.8 Å². The molecule has 0 heterocycles. The third kappa shape index (κ3) is 5.81. The molecule has 0 spiro atoms. The first-order valence-corrected chi connectivity index (χ1v) is 10.1. The second-order valence-corrected chi connectivity index (χ2v) is 7.44. The van der Waals surface area contributed by atoms with Crippen molar-refractivity contribution < 1.29 is 14.3 Å². The van der Waals surface area contributed by atoms with Crippen LogP contribution in [0.3, 0.4) is 0 Å². The van der Waals surface area contributed by atoms with Crippen molar-refractivity contribution in [1.29, 1.82) is 0 Å². The minimum absolute atomic E-state index is 0.219. The summed E-state index contributed by atoms with van der Waals surface area (Å²) in [6.45, 7) is 2.24. The fourth-order valence-corrected chi connectivity index (χ4v) is 3.25. The van der Waals surface area contributed by atoms with Gasteiger partial charge in [-0.2, -0.15) is 0 Å². The molecule has 0 saturated carbocycles. The Kier molecular flexibility index (Phi) is 7.44. The molecule has 7 heteroatoms. The molecular weight excluding hydrogens is 423 g/mol. The van der Waals surface area contributed by atoms with Crippen LogP contribution in [0.5, 0.6) is 11.5 Å². The van der Waals surface area contributed by atoms with Crippen molar-refractivity contribution in [3.8, 4) is 11.5 Å². The van der Waals surface area contributed by atoms with E-state index >= 15 is 0 Å². The molecule has 0 fully saturated rings. The van der Waals surface area contributed by atoms with Gasteiger partial charge >= 0.3 is 0 Å². The summed E-state index contributed by atoms with van der Waals surface area (Å²) in [5.41, 5.74) is 3.46. The Morgan fingerprint density at radius 3 is 2.43 bits per heavy atom. The number of rotatable bonds is 8. The number of ether oxygens (including phenoxy) is 2. The zero-order valence-electron chi connectivity index (χ0n) is 16.7. The first-order chi connectivity index (χ1) is 14.5. The van der Waals surface area contributed by atoms with Crippen LogP contribution >= 0.6 is 23.2 Å². The third-order valence-electron chi connectivity index (χ3n) is 4.36. The van der Waals surface area contributed by atoms with E-state index in [0.717, 1.165) is 16.8 Å². The summed E-state index contributed by atoms with van der Waals surface area (Å²) in [7, 11) is 1.53. The number of benzene rings is 3. The fourth-order valence-electron chi connectivity index (χ4n) is 2.78. The zero-order valence-corrected chi connectivity index (χ0v) is 18.2. The number of anilines is 2. The summed E-state index contributed by atoms with van der Waals surface area (Å²) >= 11 is 12.5. The minimum Gasteiger partial charge on any atom is -0.493 e. The van der Waals surface area contributed by atoms with Crippen LogP contribution < -0.4 is 20.1 Å². The lowest BCUT2D eigenvalue weighted by atomic mass is 10.2. The van der Waals surface area contributed by atoms with E-state index in [2.05, 4.69) is 10.6 Å². The van der Waals surface area contributed by atoms with E-state index in [4.69, 9.17) is 32.7 Å². The van der Waals surface area contributed by atoms with E-state index in [1.165, 1.54) is 7.11 Å². The molecule has 0 saturated heterocycles. The number of amides is 1. The second-order valence-electron chi connectivity index (χ2n) is 6.63. The van der Waals surface area contributed by atoms with Crippen LogP contribution in [0.2, 0.25) is 10.0 Å². The first kappa shape index (κ1) is 21.8. The molecule has 0 aromatic heterocycles. The highest BCUT2D eigenvalue weighted by Gasteiger charge is 2.14.